The van der Waals surface area contributed by atoms with Crippen molar-refractivity contribution >= 4 is 34.4 Å². The van der Waals surface area contributed by atoms with E-state index in [0.717, 1.165) is 33.3 Å². The molecule has 1 heterocycles. The molecule has 35 heavy (non-hydrogen) atoms. The third kappa shape index (κ3) is 4.32. The molecule has 0 aliphatic heterocycles. The van der Waals surface area contributed by atoms with Crippen molar-refractivity contribution in [3.8, 4) is 0 Å². The minimum atomic E-state index is -0.906. The summed E-state index contributed by atoms with van der Waals surface area (Å²) in [7, 11) is 1.88. The zero-order chi connectivity index (χ0) is 24.5. The first-order valence-electron chi connectivity index (χ1n) is 11.8. The smallest absolute Gasteiger partial charge is 0.323 e. The standard InChI is InChI=1S/C29H27ClN2O3/c1-31(27(19-9-4-2-5-10-19)20-11-6-3-7-12-20)29(35)21-15-16-25-23(17-21)22-13-8-14-24(30)28(22)32(25)18-26(33)34/h2-14,21,27H,15-18H2,1H3,(H,33,34). The average molecular weight is 487 g/mol. The van der Waals surface area contributed by atoms with Crippen LogP contribution in [0.4, 0.5) is 0 Å². The van der Waals surface area contributed by atoms with Crippen LogP contribution in [0.1, 0.15) is 34.8 Å². The molecule has 0 saturated heterocycles. The van der Waals surface area contributed by atoms with Crippen LogP contribution in [0.25, 0.3) is 10.9 Å². The van der Waals surface area contributed by atoms with Gasteiger partial charge in [-0.05, 0) is 42.0 Å². The van der Waals surface area contributed by atoms with E-state index in [2.05, 4.69) is 24.3 Å². The molecule has 3 aromatic carbocycles. The van der Waals surface area contributed by atoms with Crippen molar-refractivity contribution in [1.29, 1.82) is 0 Å². The molecule has 1 amide bonds. The molecule has 1 aliphatic carbocycles. The molecule has 1 aromatic heterocycles. The summed E-state index contributed by atoms with van der Waals surface area (Å²) >= 11 is 6.50. The van der Waals surface area contributed by atoms with Crippen LogP contribution in [0.5, 0.6) is 0 Å². The van der Waals surface area contributed by atoms with E-state index in [1.807, 2.05) is 65.0 Å². The number of fused-ring (bicyclic) bond motifs is 3. The van der Waals surface area contributed by atoms with Crippen molar-refractivity contribution < 1.29 is 14.7 Å². The van der Waals surface area contributed by atoms with Gasteiger partial charge < -0.3 is 14.6 Å². The summed E-state index contributed by atoms with van der Waals surface area (Å²) in [5.74, 6) is -1.00. The van der Waals surface area contributed by atoms with Crippen molar-refractivity contribution in [2.75, 3.05) is 7.05 Å². The van der Waals surface area contributed by atoms with E-state index in [0.29, 0.717) is 24.3 Å². The number of rotatable bonds is 6. The van der Waals surface area contributed by atoms with Gasteiger partial charge in [-0.25, -0.2) is 0 Å². The van der Waals surface area contributed by atoms with Gasteiger partial charge in [0, 0.05) is 24.0 Å². The number of nitrogens with zero attached hydrogens (tertiary/aromatic N) is 2. The van der Waals surface area contributed by atoms with Crippen LogP contribution in [0.3, 0.4) is 0 Å². The first-order valence-corrected chi connectivity index (χ1v) is 12.2. The van der Waals surface area contributed by atoms with Gasteiger partial charge in [0.1, 0.15) is 6.54 Å². The number of benzene rings is 3. The lowest BCUT2D eigenvalue weighted by Crippen LogP contribution is -2.38. The number of para-hydroxylation sites is 1. The molecule has 0 spiro atoms. The zero-order valence-electron chi connectivity index (χ0n) is 19.5. The first-order chi connectivity index (χ1) is 17.0. The fourth-order valence-corrected chi connectivity index (χ4v) is 5.78. The molecule has 1 atom stereocenters. The maximum absolute atomic E-state index is 13.9. The third-order valence-electron chi connectivity index (χ3n) is 7.04. The van der Waals surface area contributed by atoms with Crippen LogP contribution in [-0.4, -0.2) is 33.5 Å². The van der Waals surface area contributed by atoms with Crippen LogP contribution in [0.15, 0.2) is 78.9 Å². The van der Waals surface area contributed by atoms with E-state index in [9.17, 15) is 14.7 Å². The lowest BCUT2D eigenvalue weighted by Gasteiger charge is -2.33. The molecule has 5 nitrogen and oxygen atoms in total. The monoisotopic (exact) mass is 486 g/mol. The van der Waals surface area contributed by atoms with Crippen molar-refractivity contribution in [3.05, 3.63) is 106 Å². The Morgan fingerprint density at radius 3 is 2.23 bits per heavy atom. The predicted molar refractivity (Wildman–Crippen MR) is 138 cm³/mol. The molecule has 178 valence electrons. The summed E-state index contributed by atoms with van der Waals surface area (Å²) in [6.07, 6.45) is 1.87. The molecule has 0 bridgehead atoms. The molecular formula is C29H27ClN2O3. The molecule has 1 unspecified atom stereocenters. The third-order valence-corrected chi connectivity index (χ3v) is 7.35. The fourth-order valence-electron chi connectivity index (χ4n) is 5.51. The van der Waals surface area contributed by atoms with Gasteiger partial charge in [0.2, 0.25) is 5.91 Å². The predicted octanol–water partition coefficient (Wildman–Crippen LogP) is 5.73. The second-order valence-corrected chi connectivity index (χ2v) is 9.56. The van der Waals surface area contributed by atoms with Gasteiger partial charge in [-0.3, -0.25) is 9.59 Å². The summed E-state index contributed by atoms with van der Waals surface area (Å²) in [6.45, 7) is -0.141. The molecule has 4 aromatic rings. The average Bonchev–Trinajstić information content (AvgIpc) is 3.18. The maximum atomic E-state index is 13.9. The Labute approximate surface area is 209 Å². The zero-order valence-corrected chi connectivity index (χ0v) is 20.3. The number of aromatic nitrogens is 1. The molecular weight excluding hydrogens is 460 g/mol. The highest BCUT2D eigenvalue weighted by atomic mass is 35.5. The Morgan fingerprint density at radius 2 is 1.63 bits per heavy atom. The lowest BCUT2D eigenvalue weighted by molar-refractivity contribution is -0.138. The van der Waals surface area contributed by atoms with Crippen molar-refractivity contribution in [2.24, 2.45) is 5.92 Å². The van der Waals surface area contributed by atoms with Crippen molar-refractivity contribution in [2.45, 2.75) is 31.8 Å². The Morgan fingerprint density at radius 1 is 1.00 bits per heavy atom. The van der Waals surface area contributed by atoms with Crippen LogP contribution >= 0.6 is 11.6 Å². The van der Waals surface area contributed by atoms with Crippen LogP contribution < -0.4 is 0 Å². The number of hydrogen-bond donors (Lipinski definition) is 1. The van der Waals surface area contributed by atoms with Gasteiger partial charge in [0.05, 0.1) is 16.6 Å². The number of carbonyl (C=O) groups excluding carboxylic acids is 1. The summed E-state index contributed by atoms with van der Waals surface area (Å²) in [6, 6.07) is 25.6. The number of halogens is 1. The number of amides is 1. The molecule has 5 rings (SSSR count). The van der Waals surface area contributed by atoms with Crippen LogP contribution in [0.2, 0.25) is 5.02 Å². The van der Waals surface area contributed by atoms with Gasteiger partial charge in [-0.1, -0.05) is 84.4 Å². The maximum Gasteiger partial charge on any atom is 0.323 e. The van der Waals surface area contributed by atoms with E-state index in [1.165, 1.54) is 0 Å². The number of hydrogen-bond acceptors (Lipinski definition) is 2. The van der Waals surface area contributed by atoms with E-state index in [-0.39, 0.29) is 24.4 Å². The van der Waals surface area contributed by atoms with Crippen molar-refractivity contribution in [3.63, 3.8) is 0 Å². The fraction of sp³-hybridized carbons (Fsp3) is 0.241. The highest BCUT2D eigenvalue weighted by Gasteiger charge is 2.34. The largest absolute Gasteiger partial charge is 0.480 e. The quantitative estimate of drug-likeness (QED) is 0.378. The first kappa shape index (κ1) is 23.2. The van der Waals surface area contributed by atoms with Crippen LogP contribution in [-0.2, 0) is 29.0 Å². The molecule has 0 radical (unpaired) electrons. The highest BCUT2D eigenvalue weighted by Crippen LogP contribution is 2.39. The topological polar surface area (TPSA) is 62.5 Å². The molecule has 0 fully saturated rings. The van der Waals surface area contributed by atoms with E-state index in [1.54, 1.807) is 6.07 Å². The van der Waals surface area contributed by atoms with E-state index in [4.69, 9.17) is 11.6 Å². The second-order valence-electron chi connectivity index (χ2n) is 9.15. The Hall–Kier alpha value is -3.57. The van der Waals surface area contributed by atoms with Gasteiger partial charge in [-0.2, -0.15) is 0 Å². The van der Waals surface area contributed by atoms with Gasteiger partial charge in [-0.15, -0.1) is 0 Å². The van der Waals surface area contributed by atoms with Gasteiger partial charge in [0.25, 0.3) is 0 Å². The SMILES string of the molecule is CN(C(=O)C1CCc2c(c3cccc(Cl)c3n2CC(=O)O)C1)C(c1ccccc1)c1ccccc1. The minimum Gasteiger partial charge on any atom is -0.480 e. The van der Waals surface area contributed by atoms with Crippen molar-refractivity contribution in [1.82, 2.24) is 9.47 Å². The Bertz CT molecular complexity index is 1340. The number of carboxylic acids is 1. The summed E-state index contributed by atoms with van der Waals surface area (Å²) in [5, 5.41) is 11.0. The molecule has 1 N–H and O–H groups in total. The Balaban J connectivity index is 1.50. The number of carboxylic acid groups (broad SMARTS) is 1. The summed E-state index contributed by atoms with van der Waals surface area (Å²) in [5.41, 5.74) is 4.89. The van der Waals surface area contributed by atoms with Gasteiger partial charge in [0.15, 0.2) is 0 Å². The molecule has 1 aliphatic rings. The van der Waals surface area contributed by atoms with Crippen LogP contribution in [0, 0.1) is 5.92 Å². The normalized spacial score (nSPS) is 15.2. The summed E-state index contributed by atoms with van der Waals surface area (Å²) < 4.78 is 1.82. The van der Waals surface area contributed by atoms with Gasteiger partial charge >= 0.3 is 5.97 Å². The molecule has 0 saturated carbocycles. The number of aliphatic carboxylic acids is 1. The van der Waals surface area contributed by atoms with E-state index >= 15 is 0 Å². The second kappa shape index (κ2) is 9.59. The van der Waals surface area contributed by atoms with E-state index < -0.39 is 5.97 Å². The lowest BCUT2D eigenvalue weighted by atomic mass is 9.84. The summed E-state index contributed by atoms with van der Waals surface area (Å²) in [4.78, 5) is 27.3. The number of carbonyl (C=O) groups is 2. The highest BCUT2D eigenvalue weighted by molar-refractivity contribution is 6.35. The minimum absolute atomic E-state index is 0.0921. The Kier molecular flexibility index (Phi) is 6.35. The molecule has 6 heteroatoms.